The van der Waals surface area contributed by atoms with Gasteiger partial charge in [0.1, 0.15) is 5.37 Å². The summed E-state index contributed by atoms with van der Waals surface area (Å²) in [5, 5.41) is 2.88. The van der Waals surface area contributed by atoms with E-state index in [1.807, 2.05) is 71.6 Å². The van der Waals surface area contributed by atoms with Crippen molar-refractivity contribution in [2.75, 3.05) is 16.0 Å². The van der Waals surface area contributed by atoms with Crippen molar-refractivity contribution < 1.29 is 9.59 Å². The predicted octanol–water partition coefficient (Wildman–Crippen LogP) is 5.77. The van der Waals surface area contributed by atoms with Crippen LogP contribution in [0.2, 0.25) is 0 Å². The minimum absolute atomic E-state index is 0.0559. The largest absolute Gasteiger partial charge is 0.326 e. The number of rotatable bonds is 6. The van der Waals surface area contributed by atoms with Crippen molar-refractivity contribution in [2.24, 2.45) is 0 Å². The summed E-state index contributed by atoms with van der Waals surface area (Å²) >= 11 is 1.61. The van der Waals surface area contributed by atoms with E-state index in [0.717, 1.165) is 22.5 Å². The van der Waals surface area contributed by atoms with Gasteiger partial charge in [-0.1, -0.05) is 68.4 Å². The number of hydrogen-bond donors (Lipinski definition) is 1. The Kier molecular flexibility index (Phi) is 6.42. The van der Waals surface area contributed by atoms with Gasteiger partial charge in [0.25, 0.3) is 0 Å². The summed E-state index contributed by atoms with van der Waals surface area (Å²) in [7, 11) is 0. The zero-order chi connectivity index (χ0) is 21.8. The van der Waals surface area contributed by atoms with Crippen LogP contribution in [-0.2, 0) is 16.0 Å². The molecule has 1 atom stereocenters. The summed E-state index contributed by atoms with van der Waals surface area (Å²) in [5.74, 6) is 0.941. The number of anilines is 2. The van der Waals surface area contributed by atoms with Crippen molar-refractivity contribution in [3.63, 3.8) is 0 Å². The third-order valence-corrected chi connectivity index (χ3v) is 6.58. The molecular formula is C26H26N2O2S. The minimum Gasteiger partial charge on any atom is -0.326 e. The summed E-state index contributed by atoms with van der Waals surface area (Å²) in [4.78, 5) is 27.0. The maximum absolute atomic E-state index is 12.7. The number of nitrogens with zero attached hydrogens (tertiary/aromatic N) is 1. The topological polar surface area (TPSA) is 49.4 Å². The number of thioether (sulfide) groups is 1. The van der Waals surface area contributed by atoms with Crippen LogP contribution < -0.4 is 10.2 Å². The lowest BCUT2D eigenvalue weighted by Crippen LogP contribution is -2.27. The fraction of sp³-hybridized carbons (Fsp3) is 0.231. The highest BCUT2D eigenvalue weighted by molar-refractivity contribution is 8.00. The molecule has 1 heterocycles. The van der Waals surface area contributed by atoms with Gasteiger partial charge in [-0.2, -0.15) is 0 Å². The molecule has 0 saturated carbocycles. The predicted molar refractivity (Wildman–Crippen MR) is 128 cm³/mol. The molecular weight excluding hydrogens is 404 g/mol. The average molecular weight is 431 g/mol. The molecule has 0 radical (unpaired) electrons. The van der Waals surface area contributed by atoms with Crippen LogP contribution >= 0.6 is 11.8 Å². The van der Waals surface area contributed by atoms with Gasteiger partial charge in [-0.05, 0) is 46.9 Å². The van der Waals surface area contributed by atoms with E-state index in [-0.39, 0.29) is 17.2 Å². The normalized spacial score (nSPS) is 16.0. The number of nitrogens with one attached hydrogen (secondary N) is 1. The summed E-state index contributed by atoms with van der Waals surface area (Å²) in [6.07, 6.45) is 0.329. The third kappa shape index (κ3) is 5.00. The molecule has 1 unspecified atom stereocenters. The highest BCUT2D eigenvalue weighted by Crippen LogP contribution is 2.42. The Labute approximate surface area is 187 Å². The highest BCUT2D eigenvalue weighted by atomic mass is 32.2. The van der Waals surface area contributed by atoms with Crippen LogP contribution in [-0.4, -0.2) is 17.6 Å². The Morgan fingerprint density at radius 1 is 1.03 bits per heavy atom. The second-order valence-electron chi connectivity index (χ2n) is 8.01. The van der Waals surface area contributed by atoms with Crippen LogP contribution in [0, 0.1) is 0 Å². The maximum atomic E-state index is 12.7. The second kappa shape index (κ2) is 9.40. The van der Waals surface area contributed by atoms with Crippen LogP contribution in [0.4, 0.5) is 11.4 Å². The first kappa shape index (κ1) is 21.2. The molecule has 1 aliphatic rings. The zero-order valence-corrected chi connectivity index (χ0v) is 18.6. The monoisotopic (exact) mass is 430 g/mol. The van der Waals surface area contributed by atoms with Crippen molar-refractivity contribution in [3.8, 4) is 0 Å². The van der Waals surface area contributed by atoms with Gasteiger partial charge < -0.3 is 5.32 Å². The maximum Gasteiger partial charge on any atom is 0.238 e. The molecule has 3 aromatic carbocycles. The quantitative estimate of drug-likeness (QED) is 0.540. The number of carbonyl (C=O) groups excluding carboxylic acids is 2. The van der Waals surface area contributed by atoms with E-state index in [0.29, 0.717) is 18.1 Å². The Morgan fingerprint density at radius 3 is 2.48 bits per heavy atom. The molecule has 1 fully saturated rings. The van der Waals surface area contributed by atoms with Crippen molar-refractivity contribution >= 4 is 35.0 Å². The molecule has 1 saturated heterocycles. The molecule has 1 aliphatic heterocycles. The standard InChI is InChI=1S/C26H26N2O2S/c1-18(2)20-11-13-23(14-12-20)28-25(30)17-31-26(28)21-9-6-10-22(16-21)27-24(29)15-19-7-4-3-5-8-19/h3-14,16,18,26H,15,17H2,1-2H3,(H,27,29). The number of benzene rings is 3. The second-order valence-corrected chi connectivity index (χ2v) is 9.08. The molecule has 0 bridgehead atoms. The summed E-state index contributed by atoms with van der Waals surface area (Å²) in [6.45, 7) is 4.32. The van der Waals surface area contributed by atoms with Gasteiger partial charge in [-0.3, -0.25) is 14.5 Å². The molecule has 4 nitrogen and oxygen atoms in total. The smallest absolute Gasteiger partial charge is 0.238 e. The number of carbonyl (C=O) groups is 2. The van der Waals surface area contributed by atoms with Crippen molar-refractivity contribution in [2.45, 2.75) is 31.6 Å². The van der Waals surface area contributed by atoms with E-state index in [9.17, 15) is 9.59 Å². The van der Waals surface area contributed by atoms with Gasteiger partial charge in [-0.15, -0.1) is 11.8 Å². The van der Waals surface area contributed by atoms with E-state index >= 15 is 0 Å². The molecule has 1 N–H and O–H groups in total. The van der Waals surface area contributed by atoms with Gasteiger partial charge in [0.2, 0.25) is 11.8 Å². The van der Waals surface area contributed by atoms with Gasteiger partial charge >= 0.3 is 0 Å². The van der Waals surface area contributed by atoms with Crippen molar-refractivity contribution in [1.82, 2.24) is 0 Å². The minimum atomic E-state index is -0.108. The zero-order valence-electron chi connectivity index (χ0n) is 17.7. The van der Waals surface area contributed by atoms with Gasteiger partial charge in [0.05, 0.1) is 12.2 Å². The van der Waals surface area contributed by atoms with E-state index in [1.165, 1.54) is 5.56 Å². The molecule has 2 amide bonds. The van der Waals surface area contributed by atoms with E-state index in [4.69, 9.17) is 0 Å². The number of amides is 2. The molecule has 0 aliphatic carbocycles. The summed E-state index contributed by atoms with van der Waals surface area (Å²) in [6, 6.07) is 25.7. The lowest BCUT2D eigenvalue weighted by molar-refractivity contribution is -0.116. The fourth-order valence-electron chi connectivity index (χ4n) is 3.73. The molecule has 0 spiro atoms. The fourth-order valence-corrected chi connectivity index (χ4v) is 4.89. The van der Waals surface area contributed by atoms with Crippen LogP contribution in [0.3, 0.4) is 0 Å². The van der Waals surface area contributed by atoms with Gasteiger partial charge in [0.15, 0.2) is 0 Å². The van der Waals surface area contributed by atoms with Crippen LogP contribution in [0.15, 0.2) is 78.9 Å². The Morgan fingerprint density at radius 2 is 1.77 bits per heavy atom. The SMILES string of the molecule is CC(C)c1ccc(N2C(=O)CSC2c2cccc(NC(=O)Cc3ccccc3)c2)cc1. The van der Waals surface area contributed by atoms with E-state index in [1.54, 1.807) is 11.8 Å². The molecule has 158 valence electrons. The first-order valence-corrected chi connectivity index (χ1v) is 11.5. The molecule has 4 rings (SSSR count). The Balaban J connectivity index is 1.51. The molecule has 3 aromatic rings. The third-order valence-electron chi connectivity index (χ3n) is 5.37. The molecule has 5 heteroatoms. The molecule has 0 aromatic heterocycles. The van der Waals surface area contributed by atoms with Gasteiger partial charge in [0, 0.05) is 11.4 Å². The summed E-state index contributed by atoms with van der Waals surface area (Å²) < 4.78 is 0. The van der Waals surface area contributed by atoms with Crippen LogP contribution in [0.5, 0.6) is 0 Å². The lowest BCUT2D eigenvalue weighted by atomic mass is 10.0. The number of hydrogen-bond acceptors (Lipinski definition) is 3. The molecule has 31 heavy (non-hydrogen) atoms. The first-order chi connectivity index (χ1) is 15.0. The van der Waals surface area contributed by atoms with E-state index < -0.39 is 0 Å². The average Bonchev–Trinajstić information content (AvgIpc) is 3.16. The summed E-state index contributed by atoms with van der Waals surface area (Å²) in [5.41, 5.74) is 4.88. The van der Waals surface area contributed by atoms with Gasteiger partial charge in [-0.25, -0.2) is 0 Å². The van der Waals surface area contributed by atoms with E-state index in [2.05, 4.69) is 31.3 Å². The van der Waals surface area contributed by atoms with Crippen LogP contribution in [0.25, 0.3) is 0 Å². The van der Waals surface area contributed by atoms with Crippen LogP contribution in [0.1, 0.15) is 41.8 Å². The van der Waals surface area contributed by atoms with Crippen molar-refractivity contribution in [3.05, 3.63) is 95.6 Å². The Bertz CT molecular complexity index is 1060. The highest BCUT2D eigenvalue weighted by Gasteiger charge is 2.34. The lowest BCUT2D eigenvalue weighted by Gasteiger charge is -2.25. The first-order valence-electron chi connectivity index (χ1n) is 10.5. The van der Waals surface area contributed by atoms with Crippen molar-refractivity contribution in [1.29, 1.82) is 0 Å². The Hall–Kier alpha value is -3.05.